The fourth-order valence-corrected chi connectivity index (χ4v) is 3.44. The Hall–Kier alpha value is -2.64. The highest BCUT2D eigenvalue weighted by Crippen LogP contribution is 2.35. The lowest BCUT2D eigenvalue weighted by Crippen LogP contribution is -2.47. The third-order valence-electron chi connectivity index (χ3n) is 4.88. The van der Waals surface area contributed by atoms with Crippen molar-refractivity contribution in [1.82, 2.24) is 4.90 Å². The molecule has 0 unspecified atom stereocenters. The largest absolute Gasteiger partial charge is 0.423 e. The Balaban J connectivity index is 1.75. The average molecular weight is 347 g/mol. The normalized spacial score (nSPS) is 17.6. The summed E-state index contributed by atoms with van der Waals surface area (Å²) >= 11 is 0. The second kappa shape index (κ2) is 7.08. The topological polar surface area (TPSA) is 93.0 Å². The van der Waals surface area contributed by atoms with Gasteiger partial charge in [-0.1, -0.05) is 19.3 Å². The number of fused-ring (bicyclic) bond motifs is 1. The van der Waals surface area contributed by atoms with Crippen LogP contribution in [0.4, 0.5) is 11.4 Å². The molecule has 0 saturated heterocycles. The first-order valence-electron chi connectivity index (χ1n) is 8.45. The number of nitro groups is 1. The van der Waals surface area contributed by atoms with Gasteiger partial charge in [0.2, 0.25) is 5.91 Å². The second-order valence-electron chi connectivity index (χ2n) is 6.54. The van der Waals surface area contributed by atoms with E-state index in [1.165, 1.54) is 24.6 Å². The van der Waals surface area contributed by atoms with E-state index in [1.54, 1.807) is 16.8 Å². The van der Waals surface area contributed by atoms with Crippen LogP contribution in [0.3, 0.4) is 0 Å². The third-order valence-corrected chi connectivity index (χ3v) is 4.88. The molecule has 1 amide bonds. The van der Waals surface area contributed by atoms with Crippen LogP contribution in [-0.2, 0) is 9.59 Å². The summed E-state index contributed by atoms with van der Waals surface area (Å²) in [6, 6.07) is 4.33. The number of carbonyl (C=O) groups is 2. The molecule has 8 nitrogen and oxygen atoms in total. The molecule has 2 aliphatic rings. The standard InChI is InChI=1S/C17H21N3O5/c1-18(12-5-3-2-4-6-12)16(21)10-19-11-17(22)25-15-9-13(20(23)24)7-8-14(15)19/h7-9,12H,2-6,10-11H2,1H3. The van der Waals surface area contributed by atoms with E-state index in [1.807, 2.05) is 0 Å². The Morgan fingerprint density at radius 1 is 1.36 bits per heavy atom. The number of rotatable bonds is 4. The van der Waals surface area contributed by atoms with Crippen molar-refractivity contribution >= 4 is 23.3 Å². The molecule has 0 radical (unpaired) electrons. The predicted molar refractivity (Wildman–Crippen MR) is 90.6 cm³/mol. The quantitative estimate of drug-likeness (QED) is 0.358. The molecule has 3 rings (SSSR count). The molecule has 1 aliphatic heterocycles. The van der Waals surface area contributed by atoms with Gasteiger partial charge in [-0.3, -0.25) is 14.9 Å². The number of esters is 1. The molecular weight excluding hydrogens is 326 g/mol. The van der Waals surface area contributed by atoms with Crippen LogP contribution in [0.1, 0.15) is 32.1 Å². The summed E-state index contributed by atoms with van der Waals surface area (Å²) in [5.41, 5.74) is 0.370. The molecule has 25 heavy (non-hydrogen) atoms. The minimum atomic E-state index is -0.547. The Labute approximate surface area is 145 Å². The number of nitrogens with zero attached hydrogens (tertiary/aromatic N) is 3. The summed E-state index contributed by atoms with van der Waals surface area (Å²) < 4.78 is 5.10. The molecule has 1 aromatic carbocycles. The molecule has 0 aromatic heterocycles. The van der Waals surface area contributed by atoms with Crippen LogP contribution in [0.2, 0.25) is 0 Å². The zero-order valence-electron chi connectivity index (χ0n) is 14.1. The molecular formula is C17H21N3O5. The van der Waals surface area contributed by atoms with E-state index in [0.717, 1.165) is 25.7 Å². The number of likely N-dealkylation sites (N-methyl/N-ethyl adjacent to an activating group) is 1. The molecule has 1 aromatic rings. The first-order valence-corrected chi connectivity index (χ1v) is 8.45. The first kappa shape index (κ1) is 17.2. The van der Waals surface area contributed by atoms with Crippen LogP contribution in [0.15, 0.2) is 18.2 Å². The monoisotopic (exact) mass is 347 g/mol. The van der Waals surface area contributed by atoms with Crippen molar-refractivity contribution in [3.63, 3.8) is 0 Å². The molecule has 0 atom stereocenters. The van der Waals surface area contributed by atoms with Crippen molar-refractivity contribution in [3.8, 4) is 5.75 Å². The first-order chi connectivity index (χ1) is 12.0. The van der Waals surface area contributed by atoms with Crippen LogP contribution in [0.25, 0.3) is 0 Å². The summed E-state index contributed by atoms with van der Waals surface area (Å²) in [5.74, 6) is -0.467. The van der Waals surface area contributed by atoms with Crippen molar-refractivity contribution in [2.24, 2.45) is 0 Å². The van der Waals surface area contributed by atoms with Gasteiger partial charge in [0.15, 0.2) is 5.75 Å². The van der Waals surface area contributed by atoms with Crippen LogP contribution in [0.5, 0.6) is 5.75 Å². The van der Waals surface area contributed by atoms with Crippen LogP contribution in [-0.4, -0.2) is 47.9 Å². The van der Waals surface area contributed by atoms with Crippen molar-refractivity contribution in [3.05, 3.63) is 28.3 Å². The van der Waals surface area contributed by atoms with Crippen molar-refractivity contribution in [1.29, 1.82) is 0 Å². The van der Waals surface area contributed by atoms with Gasteiger partial charge in [-0.25, -0.2) is 4.79 Å². The summed E-state index contributed by atoms with van der Waals surface area (Å²) in [5, 5.41) is 10.9. The lowest BCUT2D eigenvalue weighted by Gasteiger charge is -2.34. The van der Waals surface area contributed by atoms with E-state index in [4.69, 9.17) is 4.74 Å². The Morgan fingerprint density at radius 3 is 2.76 bits per heavy atom. The van der Waals surface area contributed by atoms with Crippen LogP contribution in [0, 0.1) is 10.1 Å². The maximum Gasteiger partial charge on any atom is 0.331 e. The summed E-state index contributed by atoms with van der Waals surface area (Å²) in [7, 11) is 1.80. The highest BCUT2D eigenvalue weighted by Gasteiger charge is 2.30. The van der Waals surface area contributed by atoms with E-state index in [2.05, 4.69) is 0 Å². The lowest BCUT2D eigenvalue weighted by molar-refractivity contribution is -0.384. The fraction of sp³-hybridized carbons (Fsp3) is 0.529. The molecule has 1 heterocycles. The summed E-state index contributed by atoms with van der Waals surface area (Å²) in [6.07, 6.45) is 5.48. The van der Waals surface area contributed by atoms with Gasteiger partial charge in [0, 0.05) is 19.2 Å². The zero-order valence-corrected chi connectivity index (χ0v) is 14.1. The number of carbonyl (C=O) groups excluding carboxylic acids is 2. The van der Waals surface area contributed by atoms with E-state index in [0.29, 0.717) is 5.69 Å². The Bertz CT molecular complexity index is 700. The smallest absolute Gasteiger partial charge is 0.331 e. The minimum Gasteiger partial charge on any atom is -0.423 e. The highest BCUT2D eigenvalue weighted by molar-refractivity contribution is 5.89. The highest BCUT2D eigenvalue weighted by atomic mass is 16.6. The summed E-state index contributed by atoms with van der Waals surface area (Å²) in [6.45, 7) is 0.00195. The van der Waals surface area contributed by atoms with Gasteiger partial charge < -0.3 is 14.5 Å². The zero-order chi connectivity index (χ0) is 18.0. The third kappa shape index (κ3) is 3.72. The van der Waals surface area contributed by atoms with Gasteiger partial charge in [0.05, 0.1) is 23.2 Å². The number of amides is 1. The number of non-ortho nitro benzene ring substituents is 1. The second-order valence-corrected chi connectivity index (χ2v) is 6.54. The summed E-state index contributed by atoms with van der Waals surface area (Å²) in [4.78, 5) is 38.2. The molecule has 1 fully saturated rings. The number of benzene rings is 1. The SMILES string of the molecule is CN(C(=O)CN1CC(=O)Oc2cc([N+](=O)[O-])ccc21)C1CCCCC1. The van der Waals surface area contributed by atoms with Crippen LogP contribution >= 0.6 is 0 Å². The lowest BCUT2D eigenvalue weighted by atomic mass is 9.94. The van der Waals surface area contributed by atoms with Crippen molar-refractivity contribution in [2.75, 3.05) is 25.0 Å². The molecule has 0 spiro atoms. The Kier molecular flexibility index (Phi) is 4.87. The number of ether oxygens (including phenoxy) is 1. The molecule has 0 N–H and O–H groups in total. The molecule has 1 aliphatic carbocycles. The number of nitro benzene ring substituents is 1. The average Bonchev–Trinajstić information content (AvgIpc) is 2.61. The van der Waals surface area contributed by atoms with E-state index in [-0.39, 0.29) is 36.5 Å². The molecule has 8 heteroatoms. The van der Waals surface area contributed by atoms with E-state index in [9.17, 15) is 19.7 Å². The molecule has 134 valence electrons. The Morgan fingerprint density at radius 2 is 2.08 bits per heavy atom. The maximum absolute atomic E-state index is 12.6. The number of hydrogen-bond donors (Lipinski definition) is 0. The molecule has 0 bridgehead atoms. The fourth-order valence-electron chi connectivity index (χ4n) is 3.44. The maximum atomic E-state index is 12.6. The van der Waals surface area contributed by atoms with Gasteiger partial charge in [0.25, 0.3) is 5.69 Å². The minimum absolute atomic E-state index is 0.0466. The predicted octanol–water partition coefficient (Wildman–Crippen LogP) is 2.11. The van der Waals surface area contributed by atoms with Gasteiger partial charge in [0.1, 0.15) is 6.54 Å². The van der Waals surface area contributed by atoms with E-state index >= 15 is 0 Å². The van der Waals surface area contributed by atoms with Crippen LogP contribution < -0.4 is 9.64 Å². The molecule has 1 saturated carbocycles. The number of hydrogen-bond acceptors (Lipinski definition) is 6. The van der Waals surface area contributed by atoms with E-state index < -0.39 is 10.9 Å². The number of anilines is 1. The van der Waals surface area contributed by atoms with Crippen molar-refractivity contribution < 1.29 is 19.2 Å². The van der Waals surface area contributed by atoms with Gasteiger partial charge >= 0.3 is 5.97 Å². The van der Waals surface area contributed by atoms with Gasteiger partial charge in [-0.05, 0) is 18.9 Å². The van der Waals surface area contributed by atoms with Gasteiger partial charge in [-0.2, -0.15) is 0 Å². The van der Waals surface area contributed by atoms with Crippen molar-refractivity contribution in [2.45, 2.75) is 38.1 Å². The van der Waals surface area contributed by atoms with Gasteiger partial charge in [-0.15, -0.1) is 0 Å².